The number of likely N-dealkylation sites (tertiary alicyclic amines) is 1. The Labute approximate surface area is 215 Å². The average Bonchev–Trinajstić information content (AvgIpc) is 3.41. The molecule has 0 N–H and O–H groups in total. The summed E-state index contributed by atoms with van der Waals surface area (Å²) in [5.41, 5.74) is 1.85. The second kappa shape index (κ2) is 9.38. The fourth-order valence-electron chi connectivity index (χ4n) is 4.50. The number of aromatic nitrogens is 2. The van der Waals surface area contributed by atoms with Gasteiger partial charge in [0.15, 0.2) is 0 Å². The summed E-state index contributed by atoms with van der Waals surface area (Å²) in [4.78, 5) is 19.9. The van der Waals surface area contributed by atoms with Gasteiger partial charge in [0.25, 0.3) is 0 Å². The number of halogens is 2. The lowest BCUT2D eigenvalue weighted by Gasteiger charge is -2.28. The molecular formula is C27H31BrClN3O2. The first-order valence-corrected chi connectivity index (χ1v) is 12.7. The molecule has 0 radical (unpaired) electrons. The van der Waals surface area contributed by atoms with Crippen molar-refractivity contribution in [2.75, 3.05) is 6.54 Å². The van der Waals surface area contributed by atoms with Gasteiger partial charge < -0.3 is 9.30 Å². The average molecular weight is 545 g/mol. The van der Waals surface area contributed by atoms with Gasteiger partial charge >= 0.3 is 6.09 Å². The number of benzene rings is 2. The van der Waals surface area contributed by atoms with E-state index in [1.54, 1.807) is 0 Å². The predicted octanol–water partition coefficient (Wildman–Crippen LogP) is 7.69. The van der Waals surface area contributed by atoms with Crippen LogP contribution in [0.3, 0.4) is 0 Å². The molecule has 0 saturated carbocycles. The van der Waals surface area contributed by atoms with Crippen molar-refractivity contribution >= 4 is 33.6 Å². The Morgan fingerprint density at radius 1 is 1.09 bits per heavy atom. The summed E-state index contributed by atoms with van der Waals surface area (Å²) in [6.45, 7) is 10.6. The van der Waals surface area contributed by atoms with E-state index in [2.05, 4.69) is 52.7 Å². The second-order valence-electron chi connectivity index (χ2n) is 10.3. The molecule has 2 aromatic carbocycles. The summed E-state index contributed by atoms with van der Waals surface area (Å²) in [5, 5.41) is 0.704. The molecule has 1 aliphatic rings. The zero-order chi connectivity index (χ0) is 24.7. The number of rotatable bonds is 4. The molecule has 34 heavy (non-hydrogen) atoms. The van der Waals surface area contributed by atoms with Gasteiger partial charge in [0.1, 0.15) is 11.4 Å². The van der Waals surface area contributed by atoms with Crippen molar-refractivity contribution < 1.29 is 9.53 Å². The Morgan fingerprint density at radius 3 is 2.41 bits per heavy atom. The Morgan fingerprint density at radius 2 is 1.76 bits per heavy atom. The second-order valence-corrected chi connectivity index (χ2v) is 11.6. The van der Waals surface area contributed by atoms with Gasteiger partial charge in [0, 0.05) is 33.3 Å². The summed E-state index contributed by atoms with van der Waals surface area (Å²) in [5.74, 6) is 0.869. The Bertz CT molecular complexity index is 1180. The molecule has 180 valence electrons. The van der Waals surface area contributed by atoms with Crippen LogP contribution in [0, 0.1) is 0 Å². The third kappa shape index (κ3) is 5.03. The Balaban J connectivity index is 1.81. The number of imidazole rings is 1. The minimum Gasteiger partial charge on any atom is -0.444 e. The maximum atomic E-state index is 13.0. The smallest absolute Gasteiger partial charge is 0.410 e. The van der Waals surface area contributed by atoms with Crippen LogP contribution in [0.4, 0.5) is 4.79 Å². The van der Waals surface area contributed by atoms with Crippen LogP contribution in [0.15, 0.2) is 59.2 Å². The number of amides is 1. The maximum absolute atomic E-state index is 13.0. The van der Waals surface area contributed by atoms with Crippen LogP contribution in [0.5, 0.6) is 0 Å². The minimum atomic E-state index is -0.543. The van der Waals surface area contributed by atoms with Crippen molar-refractivity contribution in [1.29, 1.82) is 0 Å². The molecule has 7 heteroatoms. The summed E-state index contributed by atoms with van der Waals surface area (Å²) in [6, 6.07) is 15.9. The van der Waals surface area contributed by atoms with Crippen molar-refractivity contribution in [1.82, 2.24) is 14.5 Å². The fourth-order valence-corrected chi connectivity index (χ4v) is 5.14. The van der Waals surface area contributed by atoms with Crippen molar-refractivity contribution in [3.63, 3.8) is 0 Å². The maximum Gasteiger partial charge on any atom is 0.410 e. The molecule has 1 aromatic heterocycles. The van der Waals surface area contributed by atoms with Crippen LogP contribution in [-0.4, -0.2) is 32.7 Å². The first kappa shape index (κ1) is 24.8. The standard InChI is InChI=1S/C27H31BrClN3O2/c1-26(2,3)34-25(33)31-16-8-11-23(31)22-17-32(19-14-12-18(28)13-15-19)24(30-22)27(4,5)20-9-6-7-10-21(20)29/h6-7,9-10,12-15,17,23H,8,11,16H2,1-5H3. The van der Waals surface area contributed by atoms with E-state index >= 15 is 0 Å². The topological polar surface area (TPSA) is 47.4 Å². The zero-order valence-corrected chi connectivity index (χ0v) is 22.7. The summed E-state index contributed by atoms with van der Waals surface area (Å²) < 4.78 is 8.82. The summed E-state index contributed by atoms with van der Waals surface area (Å²) >= 11 is 10.2. The Kier molecular flexibility index (Phi) is 6.85. The van der Waals surface area contributed by atoms with E-state index in [9.17, 15) is 4.79 Å². The van der Waals surface area contributed by atoms with Crippen molar-refractivity contribution in [2.45, 2.75) is 64.5 Å². The number of nitrogens with zero attached hydrogens (tertiary/aromatic N) is 3. The van der Waals surface area contributed by atoms with E-state index in [1.165, 1.54) is 0 Å². The highest BCUT2D eigenvalue weighted by Crippen LogP contribution is 2.39. The molecule has 2 heterocycles. The molecule has 1 aliphatic heterocycles. The molecule has 3 aromatic rings. The first-order valence-electron chi connectivity index (χ1n) is 11.6. The van der Waals surface area contributed by atoms with Gasteiger partial charge in [-0.25, -0.2) is 9.78 Å². The lowest BCUT2D eigenvalue weighted by atomic mass is 9.83. The van der Waals surface area contributed by atoms with Crippen molar-refractivity contribution in [3.8, 4) is 5.69 Å². The Hall–Kier alpha value is -2.31. The molecule has 1 unspecified atom stereocenters. The van der Waals surface area contributed by atoms with E-state index in [-0.39, 0.29) is 12.1 Å². The molecule has 1 atom stereocenters. The van der Waals surface area contributed by atoms with E-state index in [0.717, 1.165) is 40.1 Å². The van der Waals surface area contributed by atoms with Gasteiger partial charge in [-0.05, 0) is 83.4 Å². The fraction of sp³-hybridized carbons (Fsp3) is 0.407. The van der Waals surface area contributed by atoms with Gasteiger partial charge in [0.05, 0.1) is 11.7 Å². The highest BCUT2D eigenvalue weighted by molar-refractivity contribution is 9.10. The third-order valence-corrected chi connectivity index (χ3v) is 7.02. The normalized spacial score (nSPS) is 16.7. The molecular weight excluding hydrogens is 514 g/mol. The zero-order valence-electron chi connectivity index (χ0n) is 20.3. The number of hydrogen-bond acceptors (Lipinski definition) is 3. The highest BCUT2D eigenvalue weighted by atomic mass is 79.9. The van der Waals surface area contributed by atoms with Gasteiger partial charge in [-0.15, -0.1) is 0 Å². The molecule has 0 spiro atoms. The van der Waals surface area contributed by atoms with Crippen LogP contribution in [-0.2, 0) is 10.2 Å². The summed E-state index contributed by atoms with van der Waals surface area (Å²) in [7, 11) is 0. The molecule has 1 amide bonds. The van der Waals surface area contributed by atoms with Gasteiger partial charge in [-0.2, -0.15) is 0 Å². The van der Waals surface area contributed by atoms with Crippen molar-refractivity contribution in [2.24, 2.45) is 0 Å². The molecule has 0 bridgehead atoms. The molecule has 4 rings (SSSR count). The molecule has 1 fully saturated rings. The van der Waals surface area contributed by atoms with Crippen LogP contribution in [0.1, 0.15) is 70.6 Å². The predicted molar refractivity (Wildman–Crippen MR) is 140 cm³/mol. The van der Waals surface area contributed by atoms with Gasteiger partial charge in [0.2, 0.25) is 0 Å². The van der Waals surface area contributed by atoms with Crippen LogP contribution in [0.25, 0.3) is 5.69 Å². The lowest BCUT2D eigenvalue weighted by Crippen LogP contribution is -2.36. The van der Waals surface area contributed by atoms with E-state index < -0.39 is 11.0 Å². The largest absolute Gasteiger partial charge is 0.444 e. The first-order chi connectivity index (χ1) is 16.0. The van der Waals surface area contributed by atoms with E-state index in [1.807, 2.05) is 62.1 Å². The molecule has 1 saturated heterocycles. The van der Waals surface area contributed by atoms with Crippen LogP contribution < -0.4 is 0 Å². The van der Waals surface area contributed by atoms with E-state index in [0.29, 0.717) is 11.6 Å². The van der Waals surface area contributed by atoms with Crippen molar-refractivity contribution in [3.05, 3.63) is 81.3 Å². The lowest BCUT2D eigenvalue weighted by molar-refractivity contribution is 0.0221. The summed E-state index contributed by atoms with van der Waals surface area (Å²) in [6.07, 6.45) is 3.53. The van der Waals surface area contributed by atoms with Gasteiger partial charge in [-0.1, -0.05) is 45.7 Å². The minimum absolute atomic E-state index is 0.132. The van der Waals surface area contributed by atoms with Gasteiger partial charge in [-0.3, -0.25) is 4.90 Å². The highest BCUT2D eigenvalue weighted by Gasteiger charge is 2.37. The van der Waals surface area contributed by atoms with E-state index in [4.69, 9.17) is 21.3 Å². The third-order valence-electron chi connectivity index (χ3n) is 6.16. The monoisotopic (exact) mass is 543 g/mol. The number of carbonyl (C=O) groups is 1. The quantitative estimate of drug-likeness (QED) is 0.338. The number of hydrogen-bond donors (Lipinski definition) is 0. The van der Waals surface area contributed by atoms with Crippen LogP contribution >= 0.6 is 27.5 Å². The van der Waals surface area contributed by atoms with Crippen LogP contribution in [0.2, 0.25) is 5.02 Å². The number of carbonyl (C=O) groups excluding carboxylic acids is 1. The molecule has 5 nitrogen and oxygen atoms in total. The molecule has 0 aliphatic carbocycles. The SMILES string of the molecule is CC(C)(C)OC(=O)N1CCCC1c1cn(-c2ccc(Br)cc2)c(C(C)(C)c2ccccc2Cl)n1. The number of ether oxygens (including phenoxy) is 1.